The van der Waals surface area contributed by atoms with Crippen molar-refractivity contribution < 1.29 is 9.59 Å². The molecule has 0 heterocycles. The van der Waals surface area contributed by atoms with Gasteiger partial charge >= 0.3 is 0 Å². The fourth-order valence-corrected chi connectivity index (χ4v) is 0.747. The van der Waals surface area contributed by atoms with E-state index in [1.807, 2.05) is 0 Å². The summed E-state index contributed by atoms with van der Waals surface area (Å²) in [6.45, 7) is 6.60. The first-order chi connectivity index (χ1) is 4.36. The lowest BCUT2D eigenvalue weighted by molar-refractivity contribution is -0.130. The molecule has 0 N–H and O–H groups in total. The second kappa shape index (κ2) is 2.95. The van der Waals surface area contributed by atoms with Crippen molar-refractivity contribution in [3.05, 3.63) is 0 Å². The zero-order valence-corrected chi connectivity index (χ0v) is 7.02. The monoisotopic (exact) mass is 142 g/mol. The summed E-state index contributed by atoms with van der Waals surface area (Å²) in [4.78, 5) is 21.5. The summed E-state index contributed by atoms with van der Waals surface area (Å²) in [7, 11) is 0. The molecule has 0 fully saturated rings. The van der Waals surface area contributed by atoms with Crippen LogP contribution >= 0.6 is 0 Å². The molecule has 0 aliphatic carbocycles. The Hall–Kier alpha value is -0.660. The van der Waals surface area contributed by atoms with Gasteiger partial charge in [0.2, 0.25) is 0 Å². The number of ketones is 2. The first-order valence-electron chi connectivity index (χ1n) is 3.37. The Morgan fingerprint density at radius 2 is 1.60 bits per heavy atom. The summed E-state index contributed by atoms with van der Waals surface area (Å²) in [5, 5.41) is 0. The van der Waals surface area contributed by atoms with E-state index in [0.717, 1.165) is 0 Å². The van der Waals surface area contributed by atoms with E-state index in [1.54, 1.807) is 13.8 Å². The highest BCUT2D eigenvalue weighted by atomic mass is 16.1. The molecule has 0 radical (unpaired) electrons. The highest BCUT2D eigenvalue weighted by Gasteiger charge is 2.24. The summed E-state index contributed by atoms with van der Waals surface area (Å²) in [5.74, 6) is 0.142. The molecule has 0 aromatic rings. The van der Waals surface area contributed by atoms with Crippen LogP contribution in [0.3, 0.4) is 0 Å². The molecule has 0 aromatic carbocycles. The van der Waals surface area contributed by atoms with E-state index in [9.17, 15) is 9.59 Å². The largest absolute Gasteiger partial charge is 0.300 e. The summed E-state index contributed by atoms with van der Waals surface area (Å²) >= 11 is 0. The van der Waals surface area contributed by atoms with Gasteiger partial charge in [0, 0.05) is 11.8 Å². The van der Waals surface area contributed by atoms with Crippen molar-refractivity contribution in [2.75, 3.05) is 0 Å². The molecule has 0 saturated heterocycles. The van der Waals surface area contributed by atoms with Gasteiger partial charge in [-0.05, 0) is 13.8 Å². The normalized spacial score (nSPS) is 11.2. The Balaban J connectivity index is 4.13. The predicted octanol–water partition coefficient (Wildman–Crippen LogP) is 1.58. The van der Waals surface area contributed by atoms with Crippen LogP contribution in [0.1, 0.15) is 34.1 Å². The molecule has 0 saturated carbocycles. The highest BCUT2D eigenvalue weighted by Crippen LogP contribution is 2.21. The lowest BCUT2D eigenvalue weighted by Crippen LogP contribution is -2.23. The summed E-state index contributed by atoms with van der Waals surface area (Å²) in [5.41, 5.74) is -0.466. The van der Waals surface area contributed by atoms with Crippen molar-refractivity contribution in [1.29, 1.82) is 0 Å². The van der Waals surface area contributed by atoms with E-state index >= 15 is 0 Å². The molecule has 2 heteroatoms. The number of carbonyl (C=O) groups excluding carboxylic acids is 2. The minimum Gasteiger partial charge on any atom is -0.300 e. The average Bonchev–Trinajstić information content (AvgIpc) is 1.60. The first kappa shape index (κ1) is 9.34. The van der Waals surface area contributed by atoms with E-state index in [1.165, 1.54) is 13.8 Å². The molecule has 0 aliphatic heterocycles. The number of hydrogen-bond acceptors (Lipinski definition) is 2. The maximum Gasteiger partial charge on any atom is 0.135 e. The standard InChI is InChI=1S/C8H14O2/c1-6(9)5-8(3,4)7(2)10/h5H2,1-4H3. The van der Waals surface area contributed by atoms with E-state index in [4.69, 9.17) is 0 Å². The number of carbonyl (C=O) groups is 2. The zero-order chi connectivity index (χ0) is 8.36. The third kappa shape index (κ3) is 2.76. The molecule has 0 aliphatic rings. The van der Waals surface area contributed by atoms with Gasteiger partial charge in [-0.1, -0.05) is 13.8 Å². The maximum atomic E-state index is 10.8. The van der Waals surface area contributed by atoms with Crippen LogP contribution in [-0.4, -0.2) is 11.6 Å². The van der Waals surface area contributed by atoms with Crippen molar-refractivity contribution in [2.45, 2.75) is 34.1 Å². The topological polar surface area (TPSA) is 34.1 Å². The van der Waals surface area contributed by atoms with E-state index < -0.39 is 5.41 Å². The molecule has 0 aromatic heterocycles. The number of hydrogen-bond donors (Lipinski definition) is 0. The highest BCUT2D eigenvalue weighted by molar-refractivity contribution is 5.87. The average molecular weight is 142 g/mol. The van der Waals surface area contributed by atoms with Gasteiger partial charge in [0.15, 0.2) is 0 Å². The lowest BCUT2D eigenvalue weighted by atomic mass is 9.84. The summed E-state index contributed by atoms with van der Waals surface area (Å²) in [6, 6.07) is 0. The Labute approximate surface area is 61.6 Å². The third-order valence-corrected chi connectivity index (χ3v) is 1.64. The first-order valence-corrected chi connectivity index (χ1v) is 3.37. The van der Waals surface area contributed by atoms with Gasteiger partial charge in [0.1, 0.15) is 11.6 Å². The quantitative estimate of drug-likeness (QED) is 0.599. The van der Waals surface area contributed by atoms with Gasteiger partial charge in [-0.3, -0.25) is 9.59 Å². The van der Waals surface area contributed by atoms with E-state index in [2.05, 4.69) is 0 Å². The van der Waals surface area contributed by atoms with Crippen LogP contribution < -0.4 is 0 Å². The van der Waals surface area contributed by atoms with Gasteiger partial charge in [-0.15, -0.1) is 0 Å². The predicted molar refractivity (Wildman–Crippen MR) is 39.8 cm³/mol. The van der Waals surface area contributed by atoms with Crippen LogP contribution in [0.25, 0.3) is 0 Å². The van der Waals surface area contributed by atoms with Crippen LogP contribution in [0.5, 0.6) is 0 Å². The van der Waals surface area contributed by atoms with Crippen molar-refractivity contribution in [2.24, 2.45) is 5.41 Å². The molecule has 0 bridgehead atoms. The summed E-state index contributed by atoms with van der Waals surface area (Å²) < 4.78 is 0. The Morgan fingerprint density at radius 3 is 1.70 bits per heavy atom. The number of rotatable bonds is 3. The molecule has 0 atom stereocenters. The Kier molecular flexibility index (Phi) is 2.76. The van der Waals surface area contributed by atoms with Gasteiger partial charge in [-0.25, -0.2) is 0 Å². The molecule has 0 spiro atoms. The van der Waals surface area contributed by atoms with Gasteiger partial charge in [0.05, 0.1) is 0 Å². The molecular formula is C8H14O2. The fourth-order valence-electron chi connectivity index (χ4n) is 0.747. The molecule has 58 valence electrons. The van der Waals surface area contributed by atoms with Crippen LogP contribution in [0.4, 0.5) is 0 Å². The van der Waals surface area contributed by atoms with Crippen molar-refractivity contribution in [1.82, 2.24) is 0 Å². The summed E-state index contributed by atoms with van der Waals surface area (Å²) in [6.07, 6.45) is 0.350. The van der Waals surface area contributed by atoms with Gasteiger partial charge in [0.25, 0.3) is 0 Å². The molecular weight excluding hydrogens is 128 g/mol. The van der Waals surface area contributed by atoms with E-state index in [0.29, 0.717) is 6.42 Å². The van der Waals surface area contributed by atoms with Gasteiger partial charge < -0.3 is 0 Å². The van der Waals surface area contributed by atoms with Gasteiger partial charge in [-0.2, -0.15) is 0 Å². The van der Waals surface area contributed by atoms with Crippen LogP contribution in [0.15, 0.2) is 0 Å². The van der Waals surface area contributed by atoms with Crippen molar-refractivity contribution >= 4 is 11.6 Å². The Morgan fingerprint density at radius 1 is 1.20 bits per heavy atom. The smallest absolute Gasteiger partial charge is 0.135 e. The molecule has 0 rings (SSSR count). The molecule has 2 nitrogen and oxygen atoms in total. The SMILES string of the molecule is CC(=O)CC(C)(C)C(C)=O. The van der Waals surface area contributed by atoms with Crippen molar-refractivity contribution in [3.63, 3.8) is 0 Å². The second-order valence-corrected chi connectivity index (χ2v) is 3.32. The van der Waals surface area contributed by atoms with Crippen LogP contribution in [0, 0.1) is 5.41 Å². The minimum atomic E-state index is -0.466. The minimum absolute atomic E-state index is 0.0696. The Bertz CT molecular complexity index is 157. The number of Topliss-reactive ketones (excluding diaryl/α,β-unsaturated/α-hetero) is 2. The van der Waals surface area contributed by atoms with Crippen LogP contribution in [0.2, 0.25) is 0 Å². The zero-order valence-electron chi connectivity index (χ0n) is 7.02. The van der Waals surface area contributed by atoms with Crippen LogP contribution in [-0.2, 0) is 9.59 Å². The molecule has 10 heavy (non-hydrogen) atoms. The third-order valence-electron chi connectivity index (χ3n) is 1.64. The maximum absolute atomic E-state index is 10.8. The molecule has 0 amide bonds. The molecule has 0 unspecified atom stereocenters. The van der Waals surface area contributed by atoms with Crippen molar-refractivity contribution in [3.8, 4) is 0 Å². The second-order valence-electron chi connectivity index (χ2n) is 3.32. The fraction of sp³-hybridized carbons (Fsp3) is 0.750. The lowest BCUT2D eigenvalue weighted by Gasteiger charge is -2.18. The van der Waals surface area contributed by atoms with E-state index in [-0.39, 0.29) is 11.6 Å².